The summed E-state index contributed by atoms with van der Waals surface area (Å²) in [5.74, 6) is -0.528. The molecule has 77 heavy (non-hydrogen) atoms. The quantitative estimate of drug-likeness (QED) is 0.127. The number of aliphatic imine (C=N–C) groups is 2. The van der Waals surface area contributed by atoms with Gasteiger partial charge in [0.15, 0.2) is 0 Å². The number of likely N-dealkylation sites (tertiary alicyclic amines) is 2. The van der Waals surface area contributed by atoms with Crippen LogP contribution in [0, 0.1) is 23.2 Å². The Morgan fingerprint density at radius 1 is 0.675 bits per heavy atom. The van der Waals surface area contributed by atoms with Crippen LogP contribution in [0.25, 0.3) is 0 Å². The zero-order chi connectivity index (χ0) is 58.2. The molecule has 5 saturated heterocycles. The number of rotatable bonds is 11. The maximum absolute atomic E-state index is 17.1. The van der Waals surface area contributed by atoms with Crippen molar-refractivity contribution in [3.05, 3.63) is 28.8 Å². The predicted octanol–water partition coefficient (Wildman–Crippen LogP) is 13.4. The second-order valence-corrected chi connectivity index (χ2v) is 31.5. The van der Waals surface area contributed by atoms with Gasteiger partial charge in [0.05, 0.1) is 23.5 Å². The maximum atomic E-state index is 17.1. The molecule has 11 heteroatoms. The number of ether oxygens (including phenoxy) is 2. The molecule has 1 aromatic rings. The number of piperidine rings is 4. The van der Waals surface area contributed by atoms with Gasteiger partial charge in [0.1, 0.15) is 18.0 Å². The fourth-order valence-electron chi connectivity index (χ4n) is 15.4. The molecule has 2 bridgehead atoms. The lowest BCUT2D eigenvalue weighted by molar-refractivity contribution is -0.181. The molecule has 5 aliphatic heterocycles. The molecular formula is C66H114N6O5. The number of benzene rings is 1. The van der Waals surface area contributed by atoms with Crippen molar-refractivity contribution in [3.8, 4) is 5.75 Å². The van der Waals surface area contributed by atoms with E-state index in [0.29, 0.717) is 49.9 Å². The number of nitrogens with one attached hydrogen (secondary N) is 1. The first kappa shape index (κ1) is 63.3. The first-order valence-electron chi connectivity index (χ1n) is 30.5. The summed E-state index contributed by atoms with van der Waals surface area (Å²) in [6, 6.07) is 4.07. The first-order chi connectivity index (χ1) is 35.0. The van der Waals surface area contributed by atoms with Crippen LogP contribution in [0.2, 0.25) is 0 Å². The molecule has 5 fully saturated rings. The number of nitrogens with zero attached hydrogens (tertiary/aromatic N) is 5. The van der Waals surface area contributed by atoms with Crippen molar-refractivity contribution in [2.45, 2.75) is 317 Å². The van der Waals surface area contributed by atoms with E-state index in [2.05, 4.69) is 193 Å². The number of phenolic OH excluding ortho intramolecular Hbond substituents is 1. The molecule has 5 heterocycles. The molecule has 0 amide bonds. The van der Waals surface area contributed by atoms with Gasteiger partial charge in [-0.25, -0.2) is 0 Å². The zero-order valence-corrected chi connectivity index (χ0v) is 53.9. The first-order valence-corrected chi connectivity index (χ1v) is 30.5. The predicted molar refractivity (Wildman–Crippen MR) is 321 cm³/mol. The van der Waals surface area contributed by atoms with Crippen LogP contribution in [-0.2, 0) is 36.3 Å². The average molecular weight is 1070 g/mol. The fraction of sp³-hybridized carbons (Fsp3) is 0.848. The Bertz CT molecular complexity index is 2220. The number of fused-ring (bicyclic) bond motifs is 2. The molecular weight excluding hydrogens is 957 g/mol. The number of phenols is 1. The second-order valence-electron chi connectivity index (χ2n) is 31.5. The molecule has 438 valence electrons. The molecule has 0 aliphatic carbocycles. The van der Waals surface area contributed by atoms with Crippen LogP contribution < -0.4 is 5.32 Å². The minimum absolute atomic E-state index is 0.0518. The van der Waals surface area contributed by atoms with E-state index in [4.69, 9.17) is 19.5 Å². The summed E-state index contributed by atoms with van der Waals surface area (Å²) in [6.45, 7) is 52.3. The van der Waals surface area contributed by atoms with Gasteiger partial charge in [-0.1, -0.05) is 93.7 Å². The summed E-state index contributed by atoms with van der Waals surface area (Å²) in [7, 11) is 4.33. The minimum atomic E-state index is -2.10. The monoisotopic (exact) mass is 1070 g/mol. The number of hydrogen-bond acceptors (Lipinski definition) is 11. The largest absolute Gasteiger partial charge is 0.507 e. The van der Waals surface area contributed by atoms with E-state index < -0.39 is 40.4 Å². The van der Waals surface area contributed by atoms with E-state index in [1.807, 2.05) is 12.1 Å². The van der Waals surface area contributed by atoms with Gasteiger partial charge in [-0.15, -0.1) is 0 Å². The third kappa shape index (κ3) is 12.9. The van der Waals surface area contributed by atoms with Crippen molar-refractivity contribution in [2.75, 3.05) is 20.6 Å². The minimum Gasteiger partial charge on any atom is -0.507 e. The summed E-state index contributed by atoms with van der Waals surface area (Å²) in [4.78, 5) is 54.0. The van der Waals surface area contributed by atoms with Gasteiger partial charge in [0, 0.05) is 77.4 Å². The van der Waals surface area contributed by atoms with Crippen molar-refractivity contribution < 1.29 is 24.2 Å². The normalized spacial score (nSPS) is 31.6. The molecule has 8 atom stereocenters. The Hall–Kier alpha value is -2.86. The highest BCUT2D eigenvalue weighted by atomic mass is 16.6. The molecule has 0 spiro atoms. The highest BCUT2D eigenvalue weighted by Crippen LogP contribution is 2.48. The smallest absolute Gasteiger partial charge is 0.330 e. The van der Waals surface area contributed by atoms with Crippen LogP contribution in [0.15, 0.2) is 22.1 Å². The third-order valence-corrected chi connectivity index (χ3v) is 20.9. The molecule has 0 radical (unpaired) electrons. The molecule has 2 N–H and O–H groups in total. The Morgan fingerprint density at radius 2 is 1.13 bits per heavy atom. The number of hydrogen-bond donors (Lipinski definition) is 2. The van der Waals surface area contributed by atoms with Crippen LogP contribution in [0.3, 0.4) is 0 Å². The van der Waals surface area contributed by atoms with Crippen LogP contribution >= 0.6 is 0 Å². The van der Waals surface area contributed by atoms with Crippen LogP contribution in [0.4, 0.5) is 0 Å². The topological polar surface area (TPSA) is 119 Å². The van der Waals surface area contributed by atoms with E-state index >= 15 is 9.59 Å². The van der Waals surface area contributed by atoms with Gasteiger partial charge in [0.25, 0.3) is 0 Å². The maximum Gasteiger partial charge on any atom is 0.330 e. The fourth-order valence-corrected chi connectivity index (χ4v) is 15.4. The van der Waals surface area contributed by atoms with Crippen LogP contribution in [0.1, 0.15) is 247 Å². The number of esters is 2. The van der Waals surface area contributed by atoms with Gasteiger partial charge in [-0.3, -0.25) is 34.3 Å². The highest BCUT2D eigenvalue weighted by molar-refractivity contribution is 6.51. The van der Waals surface area contributed by atoms with Crippen LogP contribution in [-0.4, -0.2) is 133 Å². The summed E-state index contributed by atoms with van der Waals surface area (Å²) in [6.07, 6.45) is 8.22. The van der Waals surface area contributed by atoms with Crippen molar-refractivity contribution in [1.29, 1.82) is 0 Å². The van der Waals surface area contributed by atoms with Gasteiger partial charge < -0.3 is 19.9 Å². The lowest BCUT2D eigenvalue weighted by atomic mass is 9.67. The van der Waals surface area contributed by atoms with Crippen LogP contribution in [0.5, 0.6) is 5.75 Å². The van der Waals surface area contributed by atoms with Crippen molar-refractivity contribution >= 4 is 23.4 Å². The summed E-state index contributed by atoms with van der Waals surface area (Å²) >= 11 is 0. The Morgan fingerprint density at radius 3 is 1.57 bits per heavy atom. The highest BCUT2D eigenvalue weighted by Gasteiger charge is 2.60. The van der Waals surface area contributed by atoms with Crippen molar-refractivity contribution in [1.82, 2.24) is 20.0 Å². The van der Waals surface area contributed by atoms with Crippen molar-refractivity contribution in [2.24, 2.45) is 33.2 Å². The second kappa shape index (κ2) is 22.1. The molecule has 6 rings (SSSR count). The SMILES string of the molecule is CCC(=NC1C(C)C(C)N2CCCCCCC1C2(C)C)C(=NC1CC(C)(C)NC(C)C1C)C(Cc1cc(C(C)(C)C)c(O)c(C(C)(C)C)c1)(C(=O)OC1CC(C)(C)N(C)C(C)(C)C1)C(=O)OC1CC(C)(C)N(C)C(C)(C)C1. The number of carbonyl (C=O) groups excluding carboxylic acids is 2. The lowest BCUT2D eigenvalue weighted by Gasteiger charge is -2.57. The van der Waals surface area contributed by atoms with Gasteiger partial charge >= 0.3 is 11.9 Å². The Labute approximate surface area is 470 Å². The number of carbonyl (C=O) groups is 2. The standard InChI is InChI=1S/C66H114N6O5/c1-26-51(67-53-42(3)44(5)72-32-30-28-27-29-31-48(53)65(72,22)23)55(68-52-40-60(12,13)69-43(4)41(52)2)66(56(74)76-46-36-61(14,15)70(24)62(16,17)37-46,57(75)77-47-38-63(18,19)71(25)64(20,21)39-47)35-45-33-49(58(6,7)8)54(73)50(34-45)59(9,10)11/h33-34,41-44,46-48,52-53,69,73H,26-32,35-40H2,1-25H3. The van der Waals surface area contributed by atoms with E-state index in [0.717, 1.165) is 36.1 Å². The van der Waals surface area contributed by atoms with Gasteiger partial charge in [-0.2, -0.15) is 0 Å². The Balaban J connectivity index is 1.78. The molecule has 11 nitrogen and oxygen atoms in total. The molecule has 0 aromatic heterocycles. The molecule has 1 aromatic carbocycles. The third-order valence-electron chi connectivity index (χ3n) is 20.9. The Kier molecular flexibility index (Phi) is 18.2. The van der Waals surface area contributed by atoms with Gasteiger partial charge in [0.2, 0.25) is 5.41 Å². The van der Waals surface area contributed by atoms with E-state index in [1.54, 1.807) is 0 Å². The van der Waals surface area contributed by atoms with E-state index in [9.17, 15) is 5.11 Å². The molecule has 5 aliphatic rings. The summed E-state index contributed by atoms with van der Waals surface area (Å²) in [5, 5.41) is 16.2. The zero-order valence-electron chi connectivity index (χ0n) is 53.9. The van der Waals surface area contributed by atoms with Gasteiger partial charge in [-0.05, 0) is 189 Å². The molecule has 8 unspecified atom stereocenters. The molecule has 0 saturated carbocycles. The average Bonchev–Trinajstić information content (AvgIpc) is 3.32. The summed E-state index contributed by atoms with van der Waals surface area (Å²) < 4.78 is 14.4. The number of aromatic hydroxyl groups is 1. The van der Waals surface area contributed by atoms with E-state index in [-0.39, 0.29) is 87.3 Å². The lowest BCUT2D eigenvalue weighted by Crippen LogP contribution is -2.65. The van der Waals surface area contributed by atoms with Crippen molar-refractivity contribution in [3.63, 3.8) is 0 Å². The van der Waals surface area contributed by atoms with E-state index in [1.165, 1.54) is 19.3 Å². The summed E-state index contributed by atoms with van der Waals surface area (Å²) in [5.41, 5.74) is -1.38.